The number of nitrogens with one attached hydrogen (secondary N) is 2. The maximum atomic E-state index is 12.1. The van der Waals surface area contributed by atoms with Crippen LogP contribution in [-0.2, 0) is 31.6 Å². The smallest absolute Gasteiger partial charge is 0.350 e. The number of hydrogen-bond donors (Lipinski definition) is 5. The number of aromatic amines is 1. The minimum absolute atomic E-state index is 0.0304. The van der Waals surface area contributed by atoms with Crippen molar-refractivity contribution in [2.45, 2.75) is 31.7 Å². The molecule has 1 aromatic heterocycles. The van der Waals surface area contributed by atoms with Crippen LogP contribution in [0.3, 0.4) is 0 Å². The molecular weight excluding hydrogens is 486 g/mol. The monoisotopic (exact) mass is 502 g/mol. The van der Waals surface area contributed by atoms with Gasteiger partial charge in [-0.1, -0.05) is 0 Å². The van der Waals surface area contributed by atoms with Crippen molar-refractivity contribution in [3.8, 4) is 0 Å². The third-order valence-corrected chi connectivity index (χ3v) is 7.63. The molecule has 2 heterocycles. The highest BCUT2D eigenvalue weighted by molar-refractivity contribution is 7.84. The molecule has 0 aromatic carbocycles. The highest BCUT2D eigenvalue weighted by atomic mass is 31.3. The van der Waals surface area contributed by atoms with E-state index in [1.807, 2.05) is 0 Å². The molecule has 0 aliphatic carbocycles. The summed E-state index contributed by atoms with van der Waals surface area (Å²) in [4.78, 5) is 54.8. The first-order valence-corrected chi connectivity index (χ1v) is 12.6. The average molecular weight is 502 g/mol. The van der Waals surface area contributed by atoms with Gasteiger partial charge in [-0.2, -0.15) is 4.31 Å². The molecular formula is C10H16BN5O12P3+. The third kappa shape index (κ3) is 7.53. The van der Waals surface area contributed by atoms with Gasteiger partial charge in [0.25, 0.3) is 13.0 Å². The van der Waals surface area contributed by atoms with Gasteiger partial charge >= 0.3 is 21.3 Å². The second-order valence-corrected chi connectivity index (χ2v) is 10.6. The summed E-state index contributed by atoms with van der Waals surface area (Å²) in [6.07, 6.45) is -0.952. The van der Waals surface area contributed by atoms with Gasteiger partial charge in [0.05, 0.1) is 6.61 Å². The summed E-state index contributed by atoms with van der Waals surface area (Å²) in [6.45, 7) is 0.723. The van der Waals surface area contributed by atoms with Gasteiger partial charge < -0.3 is 23.9 Å². The van der Waals surface area contributed by atoms with Crippen molar-refractivity contribution in [2.75, 3.05) is 6.61 Å². The predicted molar refractivity (Wildman–Crippen MR) is 99.0 cm³/mol. The van der Waals surface area contributed by atoms with E-state index in [-0.39, 0.29) is 12.0 Å². The molecule has 1 aliphatic heterocycles. The molecule has 5 N–H and O–H groups in total. The lowest BCUT2D eigenvalue weighted by Crippen LogP contribution is -2.33. The third-order valence-electron chi connectivity index (χ3n) is 3.71. The standard InChI is InChI=1S/C10H15BN5O12P3/c1-5-3-16(10(18)13-9(5)17)8-2-6(14-15-12)7(26-8)4-25-29(11,19)27-31(23,24)28-30(20,21)22/h3,6-8,12H,2,4H2,1H3,(H3-,13,17,18,20,21,22,23,24)/p+1/t6-,7+,8+,29+/m0/s1. The zero-order valence-electron chi connectivity index (χ0n) is 15.5. The molecule has 0 saturated carbocycles. The number of rotatable bonds is 9. The van der Waals surface area contributed by atoms with E-state index < -0.39 is 59.3 Å². The van der Waals surface area contributed by atoms with Crippen molar-refractivity contribution in [2.24, 2.45) is 5.11 Å². The van der Waals surface area contributed by atoms with E-state index in [9.17, 15) is 28.2 Å². The molecule has 5 atom stereocenters. The van der Waals surface area contributed by atoms with E-state index in [0.29, 0.717) is 0 Å². The Hall–Kier alpha value is -1.54. The highest BCUT2D eigenvalue weighted by Crippen LogP contribution is 2.66. The van der Waals surface area contributed by atoms with Gasteiger partial charge in [0.15, 0.2) is 6.04 Å². The number of aromatic nitrogens is 2. The molecule has 0 bridgehead atoms. The van der Waals surface area contributed by atoms with Crippen molar-refractivity contribution in [1.29, 1.82) is 5.53 Å². The predicted octanol–water partition coefficient (Wildman–Crippen LogP) is -0.429. The van der Waals surface area contributed by atoms with E-state index in [0.717, 1.165) is 4.57 Å². The van der Waals surface area contributed by atoms with E-state index in [1.165, 1.54) is 13.1 Å². The van der Waals surface area contributed by atoms with E-state index in [4.69, 9.17) is 32.1 Å². The molecule has 0 spiro atoms. The second kappa shape index (κ2) is 9.53. The van der Waals surface area contributed by atoms with Crippen molar-refractivity contribution < 1.29 is 46.3 Å². The summed E-state index contributed by atoms with van der Waals surface area (Å²) in [5.74, 6) is 0. The lowest BCUT2D eigenvalue weighted by Gasteiger charge is -2.21. The van der Waals surface area contributed by atoms with Crippen LogP contribution in [0, 0.1) is 12.5 Å². The van der Waals surface area contributed by atoms with Gasteiger partial charge in [-0.25, -0.2) is 18.2 Å². The summed E-state index contributed by atoms with van der Waals surface area (Å²) in [6, 6.07) is -0.922. The SMILES string of the molecule is [B][P@@](=O)(OC[C@H]1O[C@@H](n2cc(C)c(=O)[nH]c2=O)C[C@@H]1N=[N+]=N)OP(=O)(O)OP(=O)(O)O. The van der Waals surface area contributed by atoms with Crippen LogP contribution in [0.15, 0.2) is 20.9 Å². The first-order valence-electron chi connectivity index (χ1n) is 8.01. The Morgan fingerprint density at radius 2 is 2.00 bits per heavy atom. The quantitative estimate of drug-likeness (QED) is 0.125. The summed E-state index contributed by atoms with van der Waals surface area (Å²) in [7, 11) is -10.8. The van der Waals surface area contributed by atoms with Crippen molar-refractivity contribution in [3.63, 3.8) is 0 Å². The zero-order chi connectivity index (χ0) is 23.6. The van der Waals surface area contributed by atoms with Crippen LogP contribution in [0.5, 0.6) is 0 Å². The fourth-order valence-corrected chi connectivity index (χ4v) is 5.68. The van der Waals surface area contributed by atoms with Crippen LogP contribution >= 0.6 is 23.1 Å². The van der Waals surface area contributed by atoms with Crippen LogP contribution in [0.1, 0.15) is 18.2 Å². The molecule has 1 saturated heterocycles. The maximum Gasteiger partial charge on any atom is 0.487 e. The van der Waals surface area contributed by atoms with Gasteiger partial charge in [0.2, 0.25) is 12.5 Å². The lowest BCUT2D eigenvalue weighted by molar-refractivity contribution is -0.0235. The van der Waals surface area contributed by atoms with Gasteiger partial charge in [-0.3, -0.25) is 18.9 Å². The molecule has 17 nitrogen and oxygen atoms in total. The van der Waals surface area contributed by atoms with E-state index in [1.54, 1.807) is 0 Å². The normalized spacial score (nSPS) is 25.4. The Bertz CT molecular complexity index is 1140. The van der Waals surface area contributed by atoms with Crippen LogP contribution in [0.2, 0.25) is 0 Å². The lowest BCUT2D eigenvalue weighted by atomic mass is 10.1. The van der Waals surface area contributed by atoms with Gasteiger partial charge in [0, 0.05) is 18.2 Å². The first kappa shape index (κ1) is 25.7. The van der Waals surface area contributed by atoms with Crippen LogP contribution < -0.4 is 16.2 Å². The van der Waals surface area contributed by atoms with Crippen LogP contribution in [0.4, 0.5) is 0 Å². The Labute approximate surface area is 173 Å². The molecule has 2 radical (unpaired) electrons. The van der Waals surface area contributed by atoms with Gasteiger partial charge in [0.1, 0.15) is 23.0 Å². The molecule has 0 amide bonds. The highest BCUT2D eigenvalue weighted by Gasteiger charge is 2.43. The van der Waals surface area contributed by atoms with E-state index in [2.05, 4.69) is 23.6 Å². The largest absolute Gasteiger partial charge is 0.487 e. The molecule has 170 valence electrons. The molecule has 21 heteroatoms. The van der Waals surface area contributed by atoms with Crippen LogP contribution in [0.25, 0.3) is 0 Å². The fraction of sp³-hybridized carbons (Fsp3) is 0.600. The summed E-state index contributed by atoms with van der Waals surface area (Å²) in [5.41, 5.74) is 5.67. The van der Waals surface area contributed by atoms with Crippen LogP contribution in [-0.4, -0.2) is 50.5 Å². The van der Waals surface area contributed by atoms with Gasteiger partial charge in [-0.05, 0) is 6.92 Å². The average Bonchev–Trinajstić information content (AvgIpc) is 2.96. The fourth-order valence-electron chi connectivity index (χ4n) is 2.53. The topological polar surface area (TPSA) is 254 Å². The Morgan fingerprint density at radius 1 is 1.35 bits per heavy atom. The van der Waals surface area contributed by atoms with Crippen molar-refractivity contribution >= 4 is 30.7 Å². The first-order chi connectivity index (χ1) is 14.1. The minimum atomic E-state index is -5.57. The van der Waals surface area contributed by atoms with E-state index >= 15 is 0 Å². The minimum Gasteiger partial charge on any atom is -0.350 e. The Morgan fingerprint density at radius 3 is 2.58 bits per heavy atom. The number of ether oxygens (including phenoxy) is 1. The number of nitrogens with zero attached hydrogens (tertiary/aromatic N) is 3. The number of aryl methyl sites for hydroxylation is 1. The number of hydrogen-bond acceptors (Lipinski definition) is 11. The molecule has 1 unspecified atom stereocenters. The summed E-state index contributed by atoms with van der Waals surface area (Å²) in [5, 5.41) is 3.57. The summed E-state index contributed by atoms with van der Waals surface area (Å²) >= 11 is 0. The Kier molecular flexibility index (Phi) is 7.91. The number of phosphoric acid groups is 2. The number of H-pyrrole nitrogens is 1. The second-order valence-electron chi connectivity index (χ2n) is 6.08. The van der Waals surface area contributed by atoms with Gasteiger partial charge in [-0.15, -0.1) is 0 Å². The zero-order valence-corrected chi connectivity index (χ0v) is 18.2. The summed E-state index contributed by atoms with van der Waals surface area (Å²) < 4.78 is 52.9. The van der Waals surface area contributed by atoms with Crippen molar-refractivity contribution in [3.05, 3.63) is 32.6 Å². The molecule has 1 fully saturated rings. The Balaban J connectivity index is 2.14. The van der Waals surface area contributed by atoms with Crippen molar-refractivity contribution in [1.82, 2.24) is 14.5 Å². The molecule has 1 aromatic rings. The maximum absolute atomic E-state index is 12.1. The molecule has 1 aliphatic rings. The molecule has 31 heavy (non-hydrogen) atoms. The molecule has 2 rings (SSSR count).